The molecule has 1 saturated heterocycles. The van der Waals surface area contributed by atoms with Crippen LogP contribution in [0.5, 0.6) is 0 Å². The first-order valence-corrected chi connectivity index (χ1v) is 11.2. The van der Waals surface area contributed by atoms with Gasteiger partial charge in [0.05, 0.1) is 5.92 Å². The number of likely N-dealkylation sites (tertiary alicyclic amines) is 1. The Hall–Kier alpha value is -3.90. The molecule has 1 spiro atoms. The molecule has 6 heteroatoms. The molecule has 0 radical (unpaired) electrons. The van der Waals surface area contributed by atoms with E-state index in [-0.39, 0.29) is 29.2 Å². The molecule has 170 valence electrons. The van der Waals surface area contributed by atoms with Crippen LogP contribution in [0.2, 0.25) is 0 Å². The summed E-state index contributed by atoms with van der Waals surface area (Å²) in [5.41, 5.74) is 1.10. The second-order valence-electron chi connectivity index (χ2n) is 8.97. The molecule has 2 atom stereocenters. The summed E-state index contributed by atoms with van der Waals surface area (Å²) in [6, 6.07) is 22.9. The number of carbonyl (C=O) groups is 4. The Balaban J connectivity index is 1.65. The molecule has 2 unspecified atom stereocenters. The van der Waals surface area contributed by atoms with E-state index in [0.717, 1.165) is 5.56 Å². The maximum atomic E-state index is 14.0. The lowest BCUT2D eigenvalue weighted by Crippen LogP contribution is -2.57. The molecule has 1 amide bonds. The van der Waals surface area contributed by atoms with Crippen molar-refractivity contribution in [3.8, 4) is 0 Å². The van der Waals surface area contributed by atoms with Crippen LogP contribution in [0.25, 0.3) is 0 Å². The Labute approximate surface area is 197 Å². The van der Waals surface area contributed by atoms with Gasteiger partial charge >= 0.3 is 0 Å². The molecule has 2 aliphatic rings. The molecule has 34 heavy (non-hydrogen) atoms. The van der Waals surface area contributed by atoms with Gasteiger partial charge in [-0.25, -0.2) is 0 Å². The topological polar surface area (TPSA) is 83.6 Å². The van der Waals surface area contributed by atoms with Crippen molar-refractivity contribution in [2.45, 2.75) is 18.4 Å². The van der Waals surface area contributed by atoms with E-state index in [4.69, 9.17) is 0 Å². The average molecular weight is 453 g/mol. The van der Waals surface area contributed by atoms with Gasteiger partial charge in [0.2, 0.25) is 5.91 Å². The van der Waals surface area contributed by atoms with Gasteiger partial charge in [0.15, 0.2) is 22.9 Å². The number of benzene rings is 3. The third-order valence-corrected chi connectivity index (χ3v) is 7.03. The second-order valence-corrected chi connectivity index (χ2v) is 8.97. The van der Waals surface area contributed by atoms with Crippen LogP contribution >= 0.6 is 0 Å². The highest BCUT2D eigenvalue weighted by molar-refractivity contribution is 6.35. The average Bonchev–Trinajstić information content (AvgIpc) is 3.27. The Morgan fingerprint density at radius 3 is 1.97 bits per heavy atom. The summed E-state index contributed by atoms with van der Waals surface area (Å²) < 4.78 is 0. The first-order valence-electron chi connectivity index (χ1n) is 11.2. The maximum Gasteiger partial charge on any atom is 0.221 e. The second kappa shape index (κ2) is 8.15. The normalized spacial score (nSPS) is 21.0. The van der Waals surface area contributed by atoms with Crippen molar-refractivity contribution in [1.29, 1.82) is 0 Å². The summed E-state index contributed by atoms with van der Waals surface area (Å²) >= 11 is 0. The number of nitrogens with zero attached hydrogens (tertiary/aromatic N) is 1. The molecule has 1 heterocycles. The largest absolute Gasteiger partial charge is 0.326 e. The summed E-state index contributed by atoms with van der Waals surface area (Å²) in [4.78, 5) is 54.9. The Morgan fingerprint density at radius 1 is 0.853 bits per heavy atom. The molecule has 6 nitrogen and oxygen atoms in total. The fourth-order valence-electron chi connectivity index (χ4n) is 5.56. The highest BCUT2D eigenvalue weighted by Crippen LogP contribution is 2.51. The molecule has 1 N–H and O–H groups in total. The summed E-state index contributed by atoms with van der Waals surface area (Å²) in [5.74, 6) is -2.31. The lowest BCUT2D eigenvalue weighted by molar-refractivity contribution is -0.114. The smallest absolute Gasteiger partial charge is 0.221 e. The van der Waals surface area contributed by atoms with Crippen LogP contribution in [0.3, 0.4) is 0 Å². The van der Waals surface area contributed by atoms with E-state index in [1.54, 1.807) is 72.6 Å². The number of rotatable bonds is 4. The van der Waals surface area contributed by atoms with Crippen molar-refractivity contribution >= 4 is 28.9 Å². The Kier molecular flexibility index (Phi) is 5.25. The number of anilines is 1. The summed E-state index contributed by atoms with van der Waals surface area (Å²) in [7, 11) is 1.75. The molecule has 1 fully saturated rings. The number of ketones is 3. The third kappa shape index (κ3) is 3.14. The number of amides is 1. The molecule has 1 aliphatic carbocycles. The predicted octanol–water partition coefficient (Wildman–Crippen LogP) is 3.99. The highest BCUT2D eigenvalue weighted by atomic mass is 16.2. The van der Waals surface area contributed by atoms with Gasteiger partial charge in [0, 0.05) is 41.8 Å². The minimum atomic E-state index is -1.59. The van der Waals surface area contributed by atoms with Crippen molar-refractivity contribution in [3.63, 3.8) is 0 Å². The maximum absolute atomic E-state index is 14.0. The minimum absolute atomic E-state index is 0.177. The zero-order valence-electron chi connectivity index (χ0n) is 18.9. The van der Waals surface area contributed by atoms with Gasteiger partial charge in [-0.05, 0) is 24.7 Å². The van der Waals surface area contributed by atoms with Crippen LogP contribution in [-0.2, 0) is 4.79 Å². The van der Waals surface area contributed by atoms with Crippen molar-refractivity contribution in [1.82, 2.24) is 4.90 Å². The van der Waals surface area contributed by atoms with E-state index in [1.807, 2.05) is 18.2 Å². The zero-order valence-corrected chi connectivity index (χ0v) is 18.9. The van der Waals surface area contributed by atoms with Crippen LogP contribution in [0.4, 0.5) is 5.69 Å². The van der Waals surface area contributed by atoms with Gasteiger partial charge in [-0.3, -0.25) is 24.1 Å². The van der Waals surface area contributed by atoms with E-state index in [2.05, 4.69) is 5.32 Å². The molecule has 3 aromatic rings. The van der Waals surface area contributed by atoms with Gasteiger partial charge < -0.3 is 5.32 Å². The predicted molar refractivity (Wildman–Crippen MR) is 128 cm³/mol. The van der Waals surface area contributed by atoms with Gasteiger partial charge in [0.1, 0.15) is 0 Å². The van der Waals surface area contributed by atoms with E-state index < -0.39 is 11.5 Å². The SMILES string of the molecule is CC(=O)Nc1ccc(C2CN(C)C3(C(=O)c4ccccc4C3=O)C2C(=O)c2ccccc2)cc1. The molecular weight excluding hydrogens is 428 g/mol. The lowest BCUT2D eigenvalue weighted by Gasteiger charge is -2.34. The van der Waals surface area contributed by atoms with E-state index in [1.165, 1.54) is 6.92 Å². The fraction of sp³-hybridized carbons (Fsp3) is 0.214. The summed E-state index contributed by atoms with van der Waals surface area (Å²) in [6.45, 7) is 1.81. The Morgan fingerprint density at radius 2 is 1.41 bits per heavy atom. The van der Waals surface area contributed by atoms with Crippen molar-refractivity contribution < 1.29 is 19.2 Å². The third-order valence-electron chi connectivity index (χ3n) is 7.03. The number of carbonyl (C=O) groups excluding carboxylic acids is 4. The van der Waals surface area contributed by atoms with Gasteiger partial charge in [-0.1, -0.05) is 66.7 Å². The standard InChI is InChI=1S/C28H24N2O4/c1-17(31)29-20-14-12-18(13-15-20)23-16-30(2)28(24(23)25(32)19-8-4-3-5-9-19)26(33)21-10-6-7-11-22(21)27(28)34/h3-15,23-24H,16H2,1-2H3,(H,29,31). The summed E-state index contributed by atoms with van der Waals surface area (Å²) in [6.07, 6.45) is 0. The van der Waals surface area contributed by atoms with Crippen LogP contribution in [-0.4, -0.2) is 47.3 Å². The van der Waals surface area contributed by atoms with Crippen LogP contribution < -0.4 is 5.32 Å². The highest BCUT2D eigenvalue weighted by Gasteiger charge is 2.67. The molecule has 5 rings (SSSR count). The summed E-state index contributed by atoms with van der Waals surface area (Å²) in [5, 5.41) is 2.74. The minimum Gasteiger partial charge on any atom is -0.326 e. The molecule has 0 saturated carbocycles. The molecule has 0 aromatic heterocycles. The van der Waals surface area contributed by atoms with E-state index >= 15 is 0 Å². The van der Waals surface area contributed by atoms with Crippen molar-refractivity contribution in [2.24, 2.45) is 5.92 Å². The molecule has 1 aliphatic heterocycles. The number of Topliss-reactive ketones (excluding diaryl/α,β-unsaturated/α-hetero) is 3. The van der Waals surface area contributed by atoms with Crippen molar-refractivity contribution in [2.75, 3.05) is 18.9 Å². The number of hydrogen-bond donors (Lipinski definition) is 1. The van der Waals surface area contributed by atoms with Gasteiger partial charge in [-0.2, -0.15) is 0 Å². The number of likely N-dealkylation sites (N-methyl/N-ethyl adjacent to an activating group) is 1. The van der Waals surface area contributed by atoms with Gasteiger partial charge in [0.25, 0.3) is 0 Å². The first-order chi connectivity index (χ1) is 16.4. The van der Waals surface area contributed by atoms with Crippen LogP contribution in [0, 0.1) is 5.92 Å². The monoisotopic (exact) mass is 452 g/mol. The lowest BCUT2D eigenvalue weighted by atomic mass is 9.70. The number of nitrogens with one attached hydrogen (secondary N) is 1. The van der Waals surface area contributed by atoms with E-state index in [9.17, 15) is 19.2 Å². The van der Waals surface area contributed by atoms with Crippen molar-refractivity contribution in [3.05, 3.63) is 101 Å². The first kappa shape index (κ1) is 21.9. The zero-order chi connectivity index (χ0) is 24.0. The van der Waals surface area contributed by atoms with Crippen LogP contribution in [0.1, 0.15) is 49.5 Å². The molecule has 3 aromatic carbocycles. The number of fused-ring (bicyclic) bond motifs is 1. The van der Waals surface area contributed by atoms with Crippen LogP contribution in [0.15, 0.2) is 78.9 Å². The fourth-order valence-corrected chi connectivity index (χ4v) is 5.56. The van der Waals surface area contributed by atoms with E-state index in [0.29, 0.717) is 28.9 Å². The number of hydrogen-bond acceptors (Lipinski definition) is 5. The molecule has 0 bridgehead atoms. The van der Waals surface area contributed by atoms with Gasteiger partial charge in [-0.15, -0.1) is 0 Å². The quantitative estimate of drug-likeness (QED) is 0.478. The molecular formula is C28H24N2O4. The Bertz CT molecular complexity index is 1280.